The lowest BCUT2D eigenvalue weighted by Crippen LogP contribution is -2.28. The van der Waals surface area contributed by atoms with Crippen molar-refractivity contribution in [1.82, 2.24) is 0 Å². The molecule has 0 aliphatic heterocycles. The topological polar surface area (TPSA) is 3.24 Å². The quantitative estimate of drug-likeness (QED) is 0.144. The van der Waals surface area contributed by atoms with Crippen LogP contribution in [0.1, 0.15) is 47.2 Å². The van der Waals surface area contributed by atoms with Gasteiger partial charge in [-0.1, -0.05) is 220 Å². The molecule has 316 valence electrons. The average Bonchev–Trinajstić information content (AvgIpc) is 3.82. The van der Waals surface area contributed by atoms with E-state index in [1.54, 1.807) is 0 Å². The molecule has 1 heteroatoms. The monoisotopic (exact) mass is 853 g/mol. The van der Waals surface area contributed by atoms with Gasteiger partial charge in [-0.25, -0.2) is 0 Å². The minimum Gasteiger partial charge on any atom is -0.310 e. The van der Waals surface area contributed by atoms with Gasteiger partial charge in [0.2, 0.25) is 0 Å². The molecular weight excluding hydrogens is 807 g/mol. The van der Waals surface area contributed by atoms with Crippen LogP contribution in [-0.2, 0) is 10.8 Å². The van der Waals surface area contributed by atoms with Gasteiger partial charge in [-0.3, -0.25) is 0 Å². The molecule has 0 saturated heterocycles. The van der Waals surface area contributed by atoms with E-state index in [1.807, 2.05) is 0 Å². The van der Waals surface area contributed by atoms with Crippen molar-refractivity contribution in [2.24, 2.45) is 0 Å². The first-order chi connectivity index (χ1) is 33.0. The molecule has 0 unspecified atom stereocenters. The highest BCUT2D eigenvalue weighted by Gasteiger charge is 2.46. The van der Waals surface area contributed by atoms with E-state index in [0.717, 1.165) is 17.1 Å². The van der Waals surface area contributed by atoms with Crippen molar-refractivity contribution < 1.29 is 0 Å². The molecule has 0 saturated carbocycles. The van der Waals surface area contributed by atoms with E-state index in [2.05, 4.69) is 267 Å². The minimum absolute atomic E-state index is 0.0636. The molecule has 1 nitrogen and oxygen atoms in total. The molecule has 0 amide bonds. The summed E-state index contributed by atoms with van der Waals surface area (Å²) in [6.07, 6.45) is 0. The first-order valence-electron chi connectivity index (χ1n) is 23.5. The van der Waals surface area contributed by atoms with Gasteiger partial charge in [0, 0.05) is 22.5 Å². The maximum Gasteiger partial charge on any atom is 0.0714 e. The van der Waals surface area contributed by atoms with Gasteiger partial charge >= 0.3 is 0 Å². The van der Waals surface area contributed by atoms with E-state index in [1.165, 1.54) is 99.4 Å². The van der Waals surface area contributed by atoms with Gasteiger partial charge in [-0.2, -0.15) is 0 Å². The number of nitrogens with zero attached hydrogens (tertiary/aromatic N) is 1. The average molecular weight is 854 g/mol. The summed E-state index contributed by atoms with van der Waals surface area (Å²) in [4.78, 5) is 2.45. The fourth-order valence-electron chi connectivity index (χ4n) is 11.9. The van der Waals surface area contributed by atoms with Gasteiger partial charge in [-0.15, -0.1) is 0 Å². The van der Waals surface area contributed by atoms with Crippen molar-refractivity contribution in [2.45, 2.75) is 24.7 Å². The van der Waals surface area contributed by atoms with Crippen LogP contribution in [0.25, 0.3) is 66.1 Å². The number of anilines is 3. The smallest absolute Gasteiger partial charge is 0.0714 e. The van der Waals surface area contributed by atoms with Crippen LogP contribution in [0.15, 0.2) is 249 Å². The highest BCUT2D eigenvalue weighted by atomic mass is 15.1. The first-order valence-corrected chi connectivity index (χ1v) is 23.5. The molecule has 11 aromatic carbocycles. The highest BCUT2D eigenvalue weighted by Crippen LogP contribution is 2.58. The molecule has 0 aromatic heterocycles. The molecule has 0 N–H and O–H groups in total. The Labute approximate surface area is 392 Å². The zero-order chi connectivity index (χ0) is 44.7. The largest absolute Gasteiger partial charge is 0.310 e. The van der Waals surface area contributed by atoms with Crippen LogP contribution < -0.4 is 4.90 Å². The number of rotatable bonds is 7. The predicted molar refractivity (Wildman–Crippen MR) is 282 cm³/mol. The fraction of sp³-hybridized carbons (Fsp3) is 0.0606. The Morgan fingerprint density at radius 2 is 0.791 bits per heavy atom. The SMILES string of the molecule is CC1(C)c2ccccc2-c2c(-c3ccc(N(c4ccc(-c5cc6ccccc6c6ccccc56)cc4)c4ccc5c(c4)C(c4ccccc4)(c4ccccc4)c4ccccc4-5)cc3)cccc21. The number of benzene rings is 11. The van der Waals surface area contributed by atoms with Crippen LogP contribution in [0.4, 0.5) is 17.1 Å². The number of fused-ring (bicyclic) bond motifs is 9. The third kappa shape index (κ3) is 5.88. The van der Waals surface area contributed by atoms with Crippen LogP contribution >= 0.6 is 0 Å². The summed E-state index contributed by atoms with van der Waals surface area (Å²) in [5, 5.41) is 5.06. The van der Waals surface area contributed by atoms with E-state index in [4.69, 9.17) is 0 Å². The summed E-state index contributed by atoms with van der Waals surface area (Å²) in [5.74, 6) is 0. The summed E-state index contributed by atoms with van der Waals surface area (Å²) >= 11 is 0. The van der Waals surface area contributed by atoms with Gasteiger partial charge in [-0.05, 0) is 142 Å². The van der Waals surface area contributed by atoms with E-state index in [0.29, 0.717) is 0 Å². The molecule has 0 spiro atoms. The third-order valence-electron chi connectivity index (χ3n) is 14.9. The Morgan fingerprint density at radius 1 is 0.299 bits per heavy atom. The van der Waals surface area contributed by atoms with Crippen molar-refractivity contribution in [1.29, 1.82) is 0 Å². The molecule has 11 aromatic rings. The van der Waals surface area contributed by atoms with Crippen LogP contribution in [0, 0.1) is 0 Å². The summed E-state index contributed by atoms with van der Waals surface area (Å²) in [6.45, 7) is 4.71. The molecule has 2 aliphatic carbocycles. The van der Waals surface area contributed by atoms with Crippen LogP contribution in [0.2, 0.25) is 0 Å². The fourth-order valence-corrected chi connectivity index (χ4v) is 11.9. The Kier molecular flexibility index (Phi) is 8.85. The third-order valence-corrected chi connectivity index (χ3v) is 14.9. The molecule has 0 bridgehead atoms. The van der Waals surface area contributed by atoms with Crippen molar-refractivity contribution >= 4 is 38.6 Å². The summed E-state index contributed by atoms with van der Waals surface area (Å²) in [7, 11) is 0. The standard InChI is InChI=1S/C66H47N/c1-65(2)60-29-15-14-27-58(60)64-53(28-17-31-62(64)65)44-32-36-49(37-33-44)67(50-38-34-45(35-39-50)59-42-46-18-9-10-23-52(46)54-24-11-12-25-55(54)59)51-40-41-57-56-26-13-16-30-61(56)66(63(57)43-51,47-19-5-3-6-20-47)48-21-7-4-8-22-48/h3-43H,1-2H3. The maximum absolute atomic E-state index is 2.47. The summed E-state index contributed by atoms with van der Waals surface area (Å²) in [6, 6.07) is 92.5. The zero-order valence-electron chi connectivity index (χ0n) is 37.6. The second-order valence-electron chi connectivity index (χ2n) is 18.8. The summed E-state index contributed by atoms with van der Waals surface area (Å²) < 4.78 is 0. The Hall–Kier alpha value is -8.26. The van der Waals surface area contributed by atoms with Gasteiger partial charge in [0.05, 0.1) is 5.41 Å². The molecule has 0 atom stereocenters. The summed E-state index contributed by atoms with van der Waals surface area (Å²) in [5.41, 5.74) is 20.7. The van der Waals surface area contributed by atoms with Crippen LogP contribution in [0.5, 0.6) is 0 Å². The molecule has 2 aliphatic rings. The highest BCUT2D eigenvalue weighted by molar-refractivity contribution is 6.13. The predicted octanol–water partition coefficient (Wildman–Crippen LogP) is 17.5. The number of hydrogen-bond acceptors (Lipinski definition) is 1. The number of hydrogen-bond donors (Lipinski definition) is 0. The Morgan fingerprint density at radius 3 is 1.48 bits per heavy atom. The Bertz CT molecular complexity index is 3650. The lowest BCUT2D eigenvalue weighted by molar-refractivity contribution is 0.660. The molecule has 67 heavy (non-hydrogen) atoms. The van der Waals surface area contributed by atoms with E-state index in [-0.39, 0.29) is 5.41 Å². The van der Waals surface area contributed by atoms with Crippen molar-refractivity contribution in [3.8, 4) is 44.5 Å². The molecule has 0 radical (unpaired) electrons. The van der Waals surface area contributed by atoms with Gasteiger partial charge in [0.15, 0.2) is 0 Å². The molecule has 0 heterocycles. The maximum atomic E-state index is 2.47. The van der Waals surface area contributed by atoms with E-state index >= 15 is 0 Å². The zero-order valence-corrected chi connectivity index (χ0v) is 37.6. The van der Waals surface area contributed by atoms with E-state index < -0.39 is 5.41 Å². The lowest BCUT2D eigenvalue weighted by Gasteiger charge is -2.35. The molecule has 13 rings (SSSR count). The van der Waals surface area contributed by atoms with Gasteiger partial charge in [0.1, 0.15) is 0 Å². The van der Waals surface area contributed by atoms with Crippen molar-refractivity contribution in [3.05, 3.63) is 282 Å². The van der Waals surface area contributed by atoms with Gasteiger partial charge in [0.25, 0.3) is 0 Å². The minimum atomic E-state index is -0.515. The van der Waals surface area contributed by atoms with Crippen LogP contribution in [-0.4, -0.2) is 0 Å². The first kappa shape index (κ1) is 39.1. The van der Waals surface area contributed by atoms with Crippen molar-refractivity contribution in [2.75, 3.05) is 4.90 Å². The molecular formula is C66H47N. The normalized spacial score (nSPS) is 13.8. The van der Waals surface area contributed by atoms with Crippen molar-refractivity contribution in [3.63, 3.8) is 0 Å². The van der Waals surface area contributed by atoms with Gasteiger partial charge < -0.3 is 4.90 Å². The van der Waals surface area contributed by atoms with Crippen LogP contribution in [0.3, 0.4) is 0 Å². The van der Waals surface area contributed by atoms with E-state index in [9.17, 15) is 0 Å². The Balaban J connectivity index is 1.000. The second kappa shape index (κ2) is 15.2. The lowest BCUT2D eigenvalue weighted by atomic mass is 9.67. The second-order valence-corrected chi connectivity index (χ2v) is 18.8. The molecule has 0 fully saturated rings.